The van der Waals surface area contributed by atoms with Crippen LogP contribution in [0.5, 0.6) is 0 Å². The van der Waals surface area contributed by atoms with Crippen molar-refractivity contribution in [3.63, 3.8) is 0 Å². The zero-order valence-electron chi connectivity index (χ0n) is 14.2. The summed E-state index contributed by atoms with van der Waals surface area (Å²) < 4.78 is 12.3. The Hall–Kier alpha value is -1.93. The van der Waals surface area contributed by atoms with Gasteiger partial charge in [0.05, 0.1) is 0 Å². The summed E-state index contributed by atoms with van der Waals surface area (Å²) in [7, 11) is 0. The molecule has 0 N–H and O–H groups in total. The van der Waals surface area contributed by atoms with Crippen molar-refractivity contribution in [2.45, 2.75) is 31.7 Å². The zero-order valence-corrected chi connectivity index (χ0v) is 14.2. The van der Waals surface area contributed by atoms with Gasteiger partial charge in [0.2, 0.25) is 0 Å². The highest BCUT2D eigenvalue weighted by atomic mass is 18.2. The van der Waals surface area contributed by atoms with E-state index in [1.165, 1.54) is 36.1 Å². The molecule has 0 saturated carbocycles. The van der Waals surface area contributed by atoms with E-state index in [1.54, 1.807) is 11.6 Å². The van der Waals surface area contributed by atoms with Crippen LogP contribution in [0.2, 0.25) is 0 Å². The van der Waals surface area contributed by atoms with Crippen molar-refractivity contribution in [3.05, 3.63) is 76.4 Å². The van der Waals surface area contributed by atoms with Crippen LogP contribution in [0, 0.1) is 6.92 Å². The maximum atomic E-state index is 12.3. The smallest absolute Gasteiger partial charge is 0.108 e. The first-order valence-electron chi connectivity index (χ1n) is 8.94. The summed E-state index contributed by atoms with van der Waals surface area (Å²) in [5.74, 6) is 0.438. The number of nitrogens with zero attached hydrogens (tertiary/aromatic N) is 1. The van der Waals surface area contributed by atoms with Crippen molar-refractivity contribution in [1.29, 1.82) is 0 Å². The van der Waals surface area contributed by atoms with Crippen molar-refractivity contribution < 1.29 is 4.39 Å². The molecule has 0 aromatic heterocycles. The quantitative estimate of drug-likeness (QED) is 0.745. The largest absolute Gasteiger partial charge is 0.295 e. The van der Waals surface area contributed by atoms with Crippen LogP contribution in [-0.4, -0.2) is 24.7 Å². The number of hydrogen-bond acceptors (Lipinski definition) is 1. The van der Waals surface area contributed by atoms with Crippen LogP contribution < -0.4 is 0 Å². The molecule has 124 valence electrons. The summed E-state index contributed by atoms with van der Waals surface area (Å²) in [5.41, 5.74) is 6.93. The standard InChI is InChI=1S/C22H24FN/c1-16-5-2-7-19-20(15-24-14-4-8-21(24)22(16)19)18-11-9-17(10-12-18)6-3-13-23/h2-3,5-7,9-12,20-21H,4,8,13-15H2,1H3/b6-3+/t20-,21+/m0/s1/i23-1. The van der Waals surface area contributed by atoms with Crippen LogP contribution in [-0.2, 0) is 0 Å². The van der Waals surface area contributed by atoms with Gasteiger partial charge in [0.15, 0.2) is 0 Å². The number of benzene rings is 2. The Morgan fingerprint density at radius 3 is 2.79 bits per heavy atom. The van der Waals surface area contributed by atoms with Gasteiger partial charge in [-0.15, -0.1) is 0 Å². The van der Waals surface area contributed by atoms with Crippen LogP contribution >= 0.6 is 0 Å². The fourth-order valence-corrected chi connectivity index (χ4v) is 4.47. The lowest BCUT2D eigenvalue weighted by atomic mass is 9.80. The van der Waals surface area contributed by atoms with E-state index in [1.807, 2.05) is 6.08 Å². The van der Waals surface area contributed by atoms with Gasteiger partial charge in [-0.25, -0.2) is 4.39 Å². The molecule has 0 spiro atoms. The summed E-state index contributed by atoms with van der Waals surface area (Å²) in [6, 6.07) is 16.0. The fourth-order valence-electron chi connectivity index (χ4n) is 4.47. The Balaban J connectivity index is 1.72. The SMILES string of the molecule is Cc1cccc2c1[C@H]1CCCN1C[C@H]2c1ccc(/C=C/C[18F])cc1. The summed E-state index contributed by atoms with van der Waals surface area (Å²) in [5, 5.41) is 0. The molecular formula is C22H24FN. The first-order chi connectivity index (χ1) is 11.8. The molecular weight excluding hydrogens is 296 g/mol. The van der Waals surface area contributed by atoms with Crippen molar-refractivity contribution >= 4 is 6.08 Å². The monoisotopic (exact) mass is 320 g/mol. The predicted octanol–water partition coefficient (Wildman–Crippen LogP) is 5.26. The second-order valence-electron chi connectivity index (χ2n) is 7.01. The van der Waals surface area contributed by atoms with Crippen molar-refractivity contribution in [1.82, 2.24) is 4.90 Å². The molecule has 0 aliphatic carbocycles. The third-order valence-corrected chi connectivity index (χ3v) is 5.59. The van der Waals surface area contributed by atoms with Crippen LogP contribution in [0.25, 0.3) is 6.08 Å². The number of halogens is 1. The van der Waals surface area contributed by atoms with Gasteiger partial charge < -0.3 is 0 Å². The second-order valence-corrected chi connectivity index (χ2v) is 7.01. The van der Waals surface area contributed by atoms with Crippen LogP contribution in [0.4, 0.5) is 4.39 Å². The van der Waals surface area contributed by atoms with E-state index in [2.05, 4.69) is 54.3 Å². The van der Waals surface area contributed by atoms with E-state index in [0.29, 0.717) is 12.0 Å². The third-order valence-electron chi connectivity index (χ3n) is 5.59. The Labute approximate surface area is 143 Å². The number of rotatable bonds is 3. The van der Waals surface area contributed by atoms with E-state index in [4.69, 9.17) is 0 Å². The van der Waals surface area contributed by atoms with Crippen LogP contribution in [0.15, 0.2) is 48.5 Å². The summed E-state index contributed by atoms with van der Waals surface area (Å²) in [4.78, 5) is 2.66. The molecule has 0 unspecified atom stereocenters. The van der Waals surface area contributed by atoms with Crippen molar-refractivity contribution in [2.75, 3.05) is 19.8 Å². The Morgan fingerprint density at radius 1 is 1.17 bits per heavy atom. The number of aryl methyl sites for hydroxylation is 1. The molecule has 0 bridgehead atoms. The van der Waals surface area contributed by atoms with Crippen LogP contribution in [0.1, 0.15) is 52.6 Å². The normalized spacial score (nSPS) is 23.4. The van der Waals surface area contributed by atoms with E-state index < -0.39 is 6.67 Å². The van der Waals surface area contributed by atoms with Gasteiger partial charge in [-0.3, -0.25) is 4.90 Å². The average Bonchev–Trinajstić information content (AvgIpc) is 3.08. The van der Waals surface area contributed by atoms with Gasteiger partial charge in [0, 0.05) is 18.5 Å². The second kappa shape index (κ2) is 6.52. The molecule has 1 fully saturated rings. The molecule has 24 heavy (non-hydrogen) atoms. The molecule has 2 aromatic carbocycles. The predicted molar refractivity (Wildman–Crippen MR) is 98.0 cm³/mol. The minimum absolute atomic E-state index is 0.409. The molecule has 2 aliphatic heterocycles. The number of fused-ring (bicyclic) bond motifs is 3. The number of alkyl halides is 1. The van der Waals surface area contributed by atoms with Gasteiger partial charge in [0.25, 0.3) is 0 Å². The van der Waals surface area contributed by atoms with Gasteiger partial charge in [-0.2, -0.15) is 0 Å². The highest BCUT2D eigenvalue weighted by Crippen LogP contribution is 2.45. The lowest BCUT2D eigenvalue weighted by molar-refractivity contribution is 0.229. The van der Waals surface area contributed by atoms with Gasteiger partial charge >= 0.3 is 0 Å². The fraction of sp³-hybridized carbons (Fsp3) is 0.364. The summed E-state index contributed by atoms with van der Waals surface area (Å²) in [6.45, 7) is 4.17. The van der Waals surface area contributed by atoms with Crippen molar-refractivity contribution in [3.8, 4) is 0 Å². The van der Waals surface area contributed by atoms with E-state index in [9.17, 15) is 4.39 Å². The molecule has 2 heteroatoms. The first kappa shape index (κ1) is 15.6. The highest BCUT2D eigenvalue weighted by Gasteiger charge is 2.37. The van der Waals surface area contributed by atoms with Crippen LogP contribution in [0.3, 0.4) is 0 Å². The maximum absolute atomic E-state index is 12.3. The molecule has 0 radical (unpaired) electrons. The molecule has 4 rings (SSSR count). The molecule has 2 aromatic rings. The van der Waals surface area contributed by atoms with E-state index >= 15 is 0 Å². The molecule has 0 amide bonds. The minimum atomic E-state index is -0.409. The zero-order chi connectivity index (χ0) is 16.5. The van der Waals surface area contributed by atoms with Gasteiger partial charge in [-0.1, -0.05) is 54.6 Å². The topological polar surface area (TPSA) is 3.24 Å². The van der Waals surface area contributed by atoms with Gasteiger partial charge in [-0.05, 0) is 54.1 Å². The Kier molecular flexibility index (Phi) is 4.24. The minimum Gasteiger partial charge on any atom is -0.295 e. The molecule has 1 nitrogen and oxygen atoms in total. The third kappa shape index (κ3) is 2.69. The summed E-state index contributed by atoms with van der Waals surface area (Å²) in [6.07, 6.45) is 6.00. The van der Waals surface area contributed by atoms with Crippen molar-refractivity contribution in [2.24, 2.45) is 0 Å². The molecule has 2 aliphatic rings. The average molecular weight is 320 g/mol. The lowest BCUT2D eigenvalue weighted by Crippen LogP contribution is -2.35. The van der Waals surface area contributed by atoms with Gasteiger partial charge in [0.1, 0.15) is 6.67 Å². The number of hydrogen-bond donors (Lipinski definition) is 0. The van der Waals surface area contributed by atoms with E-state index in [0.717, 1.165) is 12.1 Å². The maximum Gasteiger partial charge on any atom is 0.108 e. The molecule has 2 atom stereocenters. The number of allylic oxidation sites excluding steroid dienone is 1. The Morgan fingerprint density at radius 2 is 2.00 bits per heavy atom. The highest BCUT2D eigenvalue weighted by molar-refractivity contribution is 5.52. The summed E-state index contributed by atoms with van der Waals surface area (Å²) >= 11 is 0. The molecule has 1 saturated heterocycles. The lowest BCUT2D eigenvalue weighted by Gasteiger charge is -2.38. The Bertz CT molecular complexity index is 747. The molecule has 2 heterocycles. The van der Waals surface area contributed by atoms with E-state index in [-0.39, 0.29) is 0 Å². The first-order valence-corrected chi connectivity index (χ1v) is 8.94.